The summed E-state index contributed by atoms with van der Waals surface area (Å²) in [5.74, 6) is -2.08. The molecule has 0 aromatic heterocycles. The van der Waals surface area contributed by atoms with E-state index in [9.17, 15) is 8.78 Å². The van der Waals surface area contributed by atoms with Crippen LogP contribution >= 0.6 is 0 Å². The van der Waals surface area contributed by atoms with Gasteiger partial charge < -0.3 is 15.2 Å². The average Bonchev–Trinajstić information content (AvgIpc) is 2.44. The van der Waals surface area contributed by atoms with Crippen molar-refractivity contribution in [3.63, 3.8) is 0 Å². The van der Waals surface area contributed by atoms with E-state index in [1.807, 2.05) is 25.1 Å². The highest BCUT2D eigenvalue weighted by Gasteiger charge is 2.09. The maximum absolute atomic E-state index is 13.2. The summed E-state index contributed by atoms with van der Waals surface area (Å²) in [6, 6.07) is 8.06. The summed E-state index contributed by atoms with van der Waals surface area (Å²) in [5, 5.41) is 12.1. The van der Waals surface area contributed by atoms with Crippen molar-refractivity contribution in [2.45, 2.75) is 20.0 Å². The lowest BCUT2D eigenvalue weighted by atomic mass is 10.1. The van der Waals surface area contributed by atoms with Crippen LogP contribution in [-0.2, 0) is 13.1 Å². The van der Waals surface area contributed by atoms with Crippen molar-refractivity contribution in [1.29, 1.82) is 0 Å². The number of phenolic OH excluding ortho intramolecular Hbond substituents is 1. The molecular weight excluding hydrogens is 276 g/mol. The molecule has 0 saturated heterocycles. The van der Waals surface area contributed by atoms with Crippen LogP contribution in [-0.4, -0.2) is 12.2 Å². The SMILES string of the molecule is COc1cc(C)cc(CNCc2cc(F)c(O)c(F)c2)c1. The quantitative estimate of drug-likeness (QED) is 0.889. The molecule has 0 radical (unpaired) electrons. The van der Waals surface area contributed by atoms with Crippen LogP contribution in [0.5, 0.6) is 11.5 Å². The number of aryl methyl sites for hydroxylation is 1. The zero-order valence-corrected chi connectivity index (χ0v) is 11.9. The number of nitrogens with one attached hydrogen (secondary N) is 1. The summed E-state index contributed by atoms with van der Waals surface area (Å²) in [6.07, 6.45) is 0. The topological polar surface area (TPSA) is 41.5 Å². The van der Waals surface area contributed by atoms with Gasteiger partial charge in [-0.2, -0.15) is 0 Å². The van der Waals surface area contributed by atoms with Gasteiger partial charge in [-0.3, -0.25) is 0 Å². The lowest BCUT2D eigenvalue weighted by Gasteiger charge is -2.09. The zero-order valence-electron chi connectivity index (χ0n) is 11.9. The minimum Gasteiger partial charge on any atom is -0.503 e. The first-order valence-corrected chi connectivity index (χ1v) is 6.51. The van der Waals surface area contributed by atoms with E-state index in [2.05, 4.69) is 5.32 Å². The number of aromatic hydroxyl groups is 1. The van der Waals surface area contributed by atoms with Gasteiger partial charge in [-0.15, -0.1) is 0 Å². The Bertz CT molecular complexity index is 621. The van der Waals surface area contributed by atoms with Crippen molar-refractivity contribution in [3.05, 3.63) is 58.7 Å². The highest BCUT2D eigenvalue weighted by molar-refractivity contribution is 5.34. The van der Waals surface area contributed by atoms with Crippen molar-refractivity contribution < 1.29 is 18.6 Å². The molecule has 21 heavy (non-hydrogen) atoms. The molecule has 0 atom stereocenters. The van der Waals surface area contributed by atoms with E-state index in [1.54, 1.807) is 7.11 Å². The van der Waals surface area contributed by atoms with Crippen LogP contribution in [0.4, 0.5) is 8.78 Å². The molecule has 0 amide bonds. The number of benzene rings is 2. The first kappa shape index (κ1) is 15.3. The van der Waals surface area contributed by atoms with E-state index in [0.717, 1.165) is 29.0 Å². The van der Waals surface area contributed by atoms with E-state index >= 15 is 0 Å². The standard InChI is InChI=1S/C16H17F2NO2/c1-10-3-11(5-13(4-10)21-2)8-19-9-12-6-14(17)16(20)15(18)7-12/h3-7,19-20H,8-9H2,1-2H3. The van der Waals surface area contributed by atoms with Gasteiger partial charge in [0.25, 0.3) is 0 Å². The fourth-order valence-corrected chi connectivity index (χ4v) is 2.12. The van der Waals surface area contributed by atoms with E-state index < -0.39 is 17.4 Å². The van der Waals surface area contributed by atoms with E-state index in [4.69, 9.17) is 9.84 Å². The summed E-state index contributed by atoms with van der Waals surface area (Å²) in [5.41, 5.74) is 2.53. The Kier molecular flexibility index (Phi) is 4.75. The van der Waals surface area contributed by atoms with Gasteiger partial charge in [0.15, 0.2) is 17.4 Å². The molecule has 2 rings (SSSR count). The number of halogens is 2. The van der Waals surface area contributed by atoms with Crippen LogP contribution in [0.1, 0.15) is 16.7 Å². The Hall–Kier alpha value is -2.14. The Morgan fingerprint density at radius 3 is 2.14 bits per heavy atom. The third-order valence-electron chi connectivity index (χ3n) is 3.08. The van der Waals surface area contributed by atoms with Gasteiger partial charge in [0, 0.05) is 13.1 Å². The minimum absolute atomic E-state index is 0.296. The van der Waals surface area contributed by atoms with Gasteiger partial charge in [0.2, 0.25) is 0 Å². The van der Waals surface area contributed by atoms with Crippen molar-refractivity contribution in [3.8, 4) is 11.5 Å². The van der Waals surface area contributed by atoms with Gasteiger partial charge in [0.05, 0.1) is 7.11 Å². The Morgan fingerprint density at radius 2 is 1.57 bits per heavy atom. The average molecular weight is 293 g/mol. The Balaban J connectivity index is 2.00. The first-order valence-electron chi connectivity index (χ1n) is 6.51. The lowest BCUT2D eigenvalue weighted by Crippen LogP contribution is -2.13. The normalized spacial score (nSPS) is 10.7. The number of phenols is 1. The minimum atomic E-state index is -0.955. The molecule has 5 heteroatoms. The third kappa shape index (κ3) is 3.92. The molecule has 0 aliphatic carbocycles. The van der Waals surface area contributed by atoms with Crippen LogP contribution in [0.25, 0.3) is 0 Å². The molecule has 3 nitrogen and oxygen atoms in total. The highest BCUT2D eigenvalue weighted by Crippen LogP contribution is 2.21. The molecule has 0 aliphatic rings. The molecule has 2 aromatic carbocycles. The van der Waals surface area contributed by atoms with E-state index in [0.29, 0.717) is 18.7 Å². The number of rotatable bonds is 5. The number of ether oxygens (including phenoxy) is 1. The van der Waals surface area contributed by atoms with Gasteiger partial charge in [0.1, 0.15) is 5.75 Å². The van der Waals surface area contributed by atoms with E-state index in [-0.39, 0.29) is 0 Å². The second-order valence-electron chi connectivity index (χ2n) is 4.87. The molecule has 2 N–H and O–H groups in total. The predicted octanol–water partition coefficient (Wildman–Crippen LogP) is 3.28. The van der Waals surface area contributed by atoms with Crippen LogP contribution in [0, 0.1) is 18.6 Å². The first-order chi connectivity index (χ1) is 9.99. The molecule has 112 valence electrons. The van der Waals surface area contributed by atoms with Gasteiger partial charge in [-0.25, -0.2) is 8.78 Å². The summed E-state index contributed by atoms with van der Waals surface area (Å²) in [4.78, 5) is 0. The molecule has 0 aliphatic heterocycles. The summed E-state index contributed by atoms with van der Waals surface area (Å²) < 4.78 is 31.6. The highest BCUT2D eigenvalue weighted by atomic mass is 19.1. The maximum atomic E-state index is 13.2. The lowest BCUT2D eigenvalue weighted by molar-refractivity contribution is 0.395. The second kappa shape index (κ2) is 6.54. The van der Waals surface area contributed by atoms with Gasteiger partial charge >= 0.3 is 0 Å². The number of hydrogen-bond donors (Lipinski definition) is 2. The number of methoxy groups -OCH3 is 1. The Labute approximate surface area is 122 Å². The molecule has 0 heterocycles. The fraction of sp³-hybridized carbons (Fsp3) is 0.250. The Morgan fingerprint density at radius 1 is 1.00 bits per heavy atom. The van der Waals surface area contributed by atoms with E-state index in [1.165, 1.54) is 0 Å². The van der Waals surface area contributed by atoms with Crippen molar-refractivity contribution >= 4 is 0 Å². The van der Waals surface area contributed by atoms with Crippen LogP contribution < -0.4 is 10.1 Å². The molecule has 0 bridgehead atoms. The molecular formula is C16H17F2NO2. The summed E-state index contributed by atoms with van der Waals surface area (Å²) >= 11 is 0. The smallest absolute Gasteiger partial charge is 0.187 e. The molecule has 0 fully saturated rings. The zero-order chi connectivity index (χ0) is 15.4. The predicted molar refractivity (Wildman–Crippen MR) is 76.3 cm³/mol. The maximum Gasteiger partial charge on any atom is 0.187 e. The van der Waals surface area contributed by atoms with Gasteiger partial charge in [-0.1, -0.05) is 6.07 Å². The van der Waals surface area contributed by atoms with Crippen LogP contribution in [0.15, 0.2) is 30.3 Å². The summed E-state index contributed by atoms with van der Waals surface area (Å²) in [6.45, 7) is 2.81. The van der Waals surface area contributed by atoms with Gasteiger partial charge in [-0.05, 0) is 47.9 Å². The molecule has 0 unspecified atom stereocenters. The van der Waals surface area contributed by atoms with Crippen LogP contribution in [0.2, 0.25) is 0 Å². The largest absolute Gasteiger partial charge is 0.503 e. The molecule has 0 spiro atoms. The second-order valence-corrected chi connectivity index (χ2v) is 4.87. The molecule has 2 aromatic rings. The number of hydrogen-bond acceptors (Lipinski definition) is 3. The van der Waals surface area contributed by atoms with Crippen LogP contribution in [0.3, 0.4) is 0 Å². The van der Waals surface area contributed by atoms with Crippen molar-refractivity contribution in [1.82, 2.24) is 5.32 Å². The fourth-order valence-electron chi connectivity index (χ4n) is 2.12. The van der Waals surface area contributed by atoms with Crippen molar-refractivity contribution in [2.24, 2.45) is 0 Å². The monoisotopic (exact) mass is 293 g/mol. The van der Waals surface area contributed by atoms with Crippen molar-refractivity contribution in [2.75, 3.05) is 7.11 Å². The third-order valence-corrected chi connectivity index (χ3v) is 3.08. The summed E-state index contributed by atoms with van der Waals surface area (Å²) in [7, 11) is 1.61. The molecule has 0 saturated carbocycles.